The standard InChI is InChI=1S/C22H36N4OS/c1-23-22(27)18-7-2-3-8-21(18)28-16-10-11-17-19(25-26-20(17)14-16)12-9-15-6-4-5-13-24-15/h15-16,18,21,24H,2-14H2,1H3,(H,23,27)(H,25,26). The van der Waals surface area contributed by atoms with E-state index in [2.05, 4.69) is 27.5 Å². The molecule has 2 fully saturated rings. The lowest BCUT2D eigenvalue weighted by Gasteiger charge is -2.33. The number of fused-ring (bicyclic) bond motifs is 1. The molecule has 1 amide bonds. The number of hydrogen-bond acceptors (Lipinski definition) is 4. The average Bonchev–Trinajstić information content (AvgIpc) is 3.15. The highest BCUT2D eigenvalue weighted by Crippen LogP contribution is 2.40. The molecule has 0 aromatic carbocycles. The van der Waals surface area contributed by atoms with Crippen molar-refractivity contribution in [3.8, 4) is 0 Å². The maximum Gasteiger partial charge on any atom is 0.223 e. The van der Waals surface area contributed by atoms with Crippen LogP contribution in [-0.4, -0.2) is 46.2 Å². The fraction of sp³-hybridized carbons (Fsp3) is 0.818. The summed E-state index contributed by atoms with van der Waals surface area (Å²) in [4.78, 5) is 12.3. The second-order valence-corrected chi connectivity index (χ2v) is 10.4. The molecule has 28 heavy (non-hydrogen) atoms. The number of aromatic amines is 1. The van der Waals surface area contributed by atoms with Gasteiger partial charge in [-0.25, -0.2) is 0 Å². The minimum atomic E-state index is 0.200. The van der Waals surface area contributed by atoms with Gasteiger partial charge in [-0.1, -0.05) is 19.3 Å². The van der Waals surface area contributed by atoms with Gasteiger partial charge in [-0.15, -0.1) is 0 Å². The van der Waals surface area contributed by atoms with Gasteiger partial charge in [0.05, 0.1) is 5.69 Å². The number of aryl methyl sites for hydroxylation is 1. The van der Waals surface area contributed by atoms with E-state index < -0.39 is 0 Å². The Bertz CT molecular complexity index is 655. The van der Waals surface area contributed by atoms with Gasteiger partial charge in [-0.2, -0.15) is 16.9 Å². The molecule has 3 N–H and O–H groups in total. The van der Waals surface area contributed by atoms with Crippen LogP contribution in [0.15, 0.2) is 0 Å². The third-order valence-electron chi connectivity index (χ3n) is 6.98. The molecule has 3 aliphatic rings. The van der Waals surface area contributed by atoms with Gasteiger partial charge in [0.15, 0.2) is 0 Å². The van der Waals surface area contributed by atoms with Crippen molar-refractivity contribution in [2.45, 2.75) is 93.6 Å². The zero-order valence-electron chi connectivity index (χ0n) is 17.3. The molecule has 0 radical (unpaired) electrons. The quantitative estimate of drug-likeness (QED) is 0.680. The third kappa shape index (κ3) is 4.76. The SMILES string of the molecule is CNC(=O)C1CCCCC1SC1CCc2c(CCC3CCCCN3)n[nH]c2C1. The zero-order chi connectivity index (χ0) is 19.3. The molecule has 1 aliphatic heterocycles. The minimum absolute atomic E-state index is 0.200. The Kier molecular flexibility index (Phi) is 6.99. The van der Waals surface area contributed by atoms with Gasteiger partial charge in [0.2, 0.25) is 5.91 Å². The zero-order valence-corrected chi connectivity index (χ0v) is 18.1. The molecular weight excluding hydrogens is 368 g/mol. The lowest BCUT2D eigenvalue weighted by molar-refractivity contribution is -0.125. The van der Waals surface area contributed by atoms with Gasteiger partial charge in [-0.05, 0) is 63.5 Å². The molecule has 4 rings (SSSR count). The number of piperidine rings is 1. The second-order valence-electron chi connectivity index (χ2n) is 8.86. The van der Waals surface area contributed by atoms with E-state index in [9.17, 15) is 4.79 Å². The fourth-order valence-corrected chi connectivity index (χ4v) is 7.10. The summed E-state index contributed by atoms with van der Waals surface area (Å²) in [6, 6.07) is 0.681. The van der Waals surface area contributed by atoms with Crippen molar-refractivity contribution in [1.82, 2.24) is 20.8 Å². The third-order valence-corrected chi connectivity index (χ3v) is 8.68. The van der Waals surface area contributed by atoms with Crippen molar-refractivity contribution >= 4 is 17.7 Å². The molecule has 156 valence electrons. The second kappa shape index (κ2) is 9.66. The van der Waals surface area contributed by atoms with E-state index in [-0.39, 0.29) is 11.8 Å². The number of carbonyl (C=O) groups is 1. The first-order valence-electron chi connectivity index (χ1n) is 11.4. The maximum absolute atomic E-state index is 12.3. The van der Waals surface area contributed by atoms with E-state index >= 15 is 0 Å². The van der Waals surface area contributed by atoms with Crippen LogP contribution in [0.1, 0.15) is 74.7 Å². The number of nitrogens with zero attached hydrogens (tertiary/aromatic N) is 1. The molecule has 4 atom stereocenters. The normalized spacial score (nSPS) is 30.6. The highest BCUT2D eigenvalue weighted by molar-refractivity contribution is 8.00. The van der Waals surface area contributed by atoms with Crippen LogP contribution in [-0.2, 0) is 24.1 Å². The molecule has 5 nitrogen and oxygen atoms in total. The number of nitrogens with one attached hydrogen (secondary N) is 3. The van der Waals surface area contributed by atoms with E-state index in [0.717, 1.165) is 25.7 Å². The van der Waals surface area contributed by atoms with Gasteiger partial charge in [-0.3, -0.25) is 9.89 Å². The Morgan fingerprint density at radius 1 is 1.18 bits per heavy atom. The monoisotopic (exact) mass is 404 g/mol. The van der Waals surface area contributed by atoms with Gasteiger partial charge in [0, 0.05) is 41.6 Å². The van der Waals surface area contributed by atoms with Crippen LogP contribution in [0.3, 0.4) is 0 Å². The van der Waals surface area contributed by atoms with E-state index in [1.165, 1.54) is 74.9 Å². The van der Waals surface area contributed by atoms with E-state index in [1.54, 1.807) is 7.05 Å². The van der Waals surface area contributed by atoms with E-state index in [4.69, 9.17) is 5.10 Å². The van der Waals surface area contributed by atoms with Crippen LogP contribution in [0.25, 0.3) is 0 Å². The molecule has 6 heteroatoms. The summed E-state index contributed by atoms with van der Waals surface area (Å²) in [6.07, 6.45) is 14.5. The Morgan fingerprint density at radius 2 is 2.04 bits per heavy atom. The van der Waals surface area contributed by atoms with Gasteiger partial charge >= 0.3 is 0 Å². The van der Waals surface area contributed by atoms with Crippen LogP contribution in [0.5, 0.6) is 0 Å². The van der Waals surface area contributed by atoms with Crippen LogP contribution < -0.4 is 10.6 Å². The van der Waals surface area contributed by atoms with Crippen molar-refractivity contribution in [3.05, 3.63) is 17.0 Å². The Balaban J connectivity index is 1.32. The molecule has 0 spiro atoms. The molecule has 1 aromatic heterocycles. The molecule has 2 aliphatic carbocycles. The van der Waals surface area contributed by atoms with Crippen molar-refractivity contribution in [2.24, 2.45) is 5.92 Å². The Morgan fingerprint density at radius 3 is 2.86 bits per heavy atom. The molecule has 0 bridgehead atoms. The number of rotatable bonds is 6. The molecule has 1 saturated heterocycles. The maximum atomic E-state index is 12.3. The number of aromatic nitrogens is 2. The lowest BCUT2D eigenvalue weighted by atomic mass is 9.88. The van der Waals surface area contributed by atoms with Gasteiger partial charge < -0.3 is 10.6 Å². The summed E-state index contributed by atoms with van der Waals surface area (Å²) in [5.74, 6) is 0.444. The average molecular weight is 405 g/mol. The predicted molar refractivity (Wildman–Crippen MR) is 116 cm³/mol. The predicted octanol–water partition coefficient (Wildman–Crippen LogP) is 3.38. The smallest absolute Gasteiger partial charge is 0.223 e. The first kappa shape index (κ1) is 20.3. The van der Waals surface area contributed by atoms with Crippen LogP contribution in [0.4, 0.5) is 0 Å². The topological polar surface area (TPSA) is 69.8 Å². The Hall–Kier alpha value is -1.01. The fourth-order valence-electron chi connectivity index (χ4n) is 5.34. The summed E-state index contributed by atoms with van der Waals surface area (Å²) in [7, 11) is 1.78. The van der Waals surface area contributed by atoms with Crippen molar-refractivity contribution in [1.29, 1.82) is 0 Å². The minimum Gasteiger partial charge on any atom is -0.359 e. The van der Waals surface area contributed by atoms with Crippen LogP contribution in [0, 0.1) is 5.92 Å². The molecule has 4 unspecified atom stereocenters. The van der Waals surface area contributed by atoms with E-state index in [1.807, 2.05) is 0 Å². The summed E-state index contributed by atoms with van der Waals surface area (Å²) in [6.45, 7) is 1.18. The van der Waals surface area contributed by atoms with Crippen LogP contribution >= 0.6 is 11.8 Å². The first-order chi connectivity index (χ1) is 13.7. The molecular formula is C22H36N4OS. The van der Waals surface area contributed by atoms with E-state index in [0.29, 0.717) is 16.5 Å². The largest absolute Gasteiger partial charge is 0.359 e. The van der Waals surface area contributed by atoms with Crippen molar-refractivity contribution in [2.75, 3.05) is 13.6 Å². The number of thioether (sulfide) groups is 1. The molecule has 1 saturated carbocycles. The van der Waals surface area contributed by atoms with Crippen molar-refractivity contribution in [3.63, 3.8) is 0 Å². The number of carbonyl (C=O) groups excluding carboxylic acids is 1. The first-order valence-corrected chi connectivity index (χ1v) is 12.3. The summed E-state index contributed by atoms with van der Waals surface area (Å²) >= 11 is 2.08. The summed E-state index contributed by atoms with van der Waals surface area (Å²) < 4.78 is 0. The lowest BCUT2D eigenvalue weighted by Crippen LogP contribution is -2.37. The highest BCUT2D eigenvalue weighted by Gasteiger charge is 2.34. The molecule has 1 aromatic rings. The molecule has 2 heterocycles. The highest BCUT2D eigenvalue weighted by atomic mass is 32.2. The summed E-state index contributed by atoms with van der Waals surface area (Å²) in [5.41, 5.74) is 4.17. The number of H-pyrrole nitrogens is 1. The number of hydrogen-bond donors (Lipinski definition) is 3. The van der Waals surface area contributed by atoms with Gasteiger partial charge in [0.25, 0.3) is 0 Å². The van der Waals surface area contributed by atoms with Gasteiger partial charge in [0.1, 0.15) is 0 Å². The Labute approximate surface area is 173 Å². The number of amides is 1. The summed E-state index contributed by atoms with van der Waals surface area (Å²) in [5, 5.41) is 15.7. The van der Waals surface area contributed by atoms with Crippen LogP contribution in [0.2, 0.25) is 0 Å². The van der Waals surface area contributed by atoms with Crippen molar-refractivity contribution < 1.29 is 4.79 Å².